The summed E-state index contributed by atoms with van der Waals surface area (Å²) in [4.78, 5) is 1.58. The van der Waals surface area contributed by atoms with Crippen LogP contribution in [0.3, 0.4) is 0 Å². The zero-order chi connectivity index (χ0) is 18.8. The fraction of sp³-hybridized carbons (Fsp3) is 0.0625. The number of anilines is 4. The lowest BCUT2D eigenvalue weighted by Gasteiger charge is -2.18. The molecule has 1 atom stereocenters. The minimum absolute atomic E-state index is 0.0967. The van der Waals surface area contributed by atoms with Crippen molar-refractivity contribution in [2.75, 3.05) is 17.3 Å². The number of halogens is 2. The molecule has 0 aliphatic carbocycles. The molecule has 2 aromatic carbocycles. The number of rotatable bonds is 4. The molecule has 2 N–H and O–H groups in total. The third kappa shape index (κ3) is 3.38. The molecule has 3 aromatic rings. The highest BCUT2D eigenvalue weighted by atomic mass is 35.5. The summed E-state index contributed by atoms with van der Waals surface area (Å²) in [7, 11) is 1.67. The molecule has 0 bridgehead atoms. The number of nitrogens with zero attached hydrogens (tertiary/aromatic N) is 4. The predicted molar refractivity (Wildman–Crippen MR) is 101 cm³/mol. The van der Waals surface area contributed by atoms with Crippen molar-refractivity contribution in [2.45, 2.75) is 0 Å². The van der Waals surface area contributed by atoms with Gasteiger partial charge in [0.1, 0.15) is 6.07 Å². The van der Waals surface area contributed by atoms with E-state index in [1.165, 1.54) is 6.07 Å². The number of nitriles is 1. The van der Waals surface area contributed by atoms with Gasteiger partial charge in [0.15, 0.2) is 16.9 Å². The Hall–Kier alpha value is -2.57. The number of aromatic nitrogens is 2. The molecule has 1 heterocycles. The van der Waals surface area contributed by atoms with E-state index in [2.05, 4.69) is 14.1 Å². The molecule has 1 unspecified atom stereocenters. The van der Waals surface area contributed by atoms with E-state index in [-0.39, 0.29) is 28.6 Å². The fourth-order valence-electron chi connectivity index (χ4n) is 2.28. The van der Waals surface area contributed by atoms with Gasteiger partial charge in [0.25, 0.3) is 0 Å². The third-order valence-corrected chi connectivity index (χ3v) is 5.04. The topological polar surface area (TPSA) is 108 Å². The van der Waals surface area contributed by atoms with Crippen molar-refractivity contribution in [1.82, 2.24) is 8.75 Å². The first-order valence-electron chi connectivity index (χ1n) is 7.19. The molecule has 0 aliphatic rings. The lowest BCUT2D eigenvalue weighted by Crippen LogP contribution is -2.12. The highest BCUT2D eigenvalue weighted by molar-refractivity contribution is 7.14. The van der Waals surface area contributed by atoms with Gasteiger partial charge in [-0.15, -0.1) is 0 Å². The van der Waals surface area contributed by atoms with Crippen molar-refractivity contribution in [2.24, 2.45) is 0 Å². The Morgan fingerprint density at radius 1 is 1.23 bits per heavy atom. The van der Waals surface area contributed by atoms with Crippen LogP contribution in [0.15, 0.2) is 36.4 Å². The van der Waals surface area contributed by atoms with Gasteiger partial charge in [-0.2, -0.15) is 5.26 Å². The van der Waals surface area contributed by atoms with E-state index in [1.54, 1.807) is 42.3 Å². The number of hydrogen-bond acceptors (Lipinski definition) is 7. The molecule has 0 radical (unpaired) electrons. The normalized spacial score (nSPS) is 11.1. The maximum atomic E-state index is 11.8. The highest BCUT2D eigenvalue weighted by Gasteiger charge is 2.24. The molecule has 0 fully saturated rings. The van der Waals surface area contributed by atoms with E-state index in [0.717, 1.165) is 0 Å². The lowest BCUT2D eigenvalue weighted by molar-refractivity contribution is 0.476. The molecular formula is C16H11Cl2N5O2S. The SMILES string of the molecule is CN(c1cccc(Cl)c1Cl)c1n[s+]([O-])nc1Nc1cccc(C#N)c1O. The van der Waals surface area contributed by atoms with E-state index in [0.29, 0.717) is 15.7 Å². The lowest BCUT2D eigenvalue weighted by atomic mass is 10.2. The Morgan fingerprint density at radius 3 is 2.69 bits per heavy atom. The van der Waals surface area contributed by atoms with Gasteiger partial charge in [-0.25, -0.2) is 0 Å². The largest absolute Gasteiger partial charge is 0.546 e. The van der Waals surface area contributed by atoms with E-state index in [1.807, 2.05) is 6.07 Å². The molecule has 0 spiro atoms. The first-order chi connectivity index (χ1) is 12.4. The highest BCUT2D eigenvalue weighted by Crippen LogP contribution is 2.39. The number of phenols is 1. The van der Waals surface area contributed by atoms with Gasteiger partial charge in [0.05, 0.1) is 27.0 Å². The first-order valence-corrected chi connectivity index (χ1v) is 9.01. The van der Waals surface area contributed by atoms with Gasteiger partial charge < -0.3 is 19.9 Å². The second kappa shape index (κ2) is 7.35. The van der Waals surface area contributed by atoms with E-state index >= 15 is 0 Å². The number of hydrogen-bond donors (Lipinski definition) is 2. The average Bonchev–Trinajstić information content (AvgIpc) is 2.99. The molecule has 132 valence electrons. The number of para-hydroxylation sites is 1. The van der Waals surface area contributed by atoms with Crippen LogP contribution in [0, 0.1) is 11.3 Å². The minimum atomic E-state index is -1.83. The average molecular weight is 408 g/mol. The summed E-state index contributed by atoms with van der Waals surface area (Å²) in [5.74, 6) is 0.166. The van der Waals surface area contributed by atoms with Crippen molar-refractivity contribution in [1.29, 1.82) is 5.26 Å². The molecule has 10 heteroatoms. The Kier molecular flexibility index (Phi) is 5.15. The smallest absolute Gasteiger partial charge is 0.239 e. The van der Waals surface area contributed by atoms with E-state index in [9.17, 15) is 9.66 Å². The summed E-state index contributed by atoms with van der Waals surface area (Å²) in [6.07, 6.45) is 0. The van der Waals surface area contributed by atoms with Gasteiger partial charge >= 0.3 is 0 Å². The number of benzene rings is 2. The molecule has 1 aromatic heterocycles. The van der Waals surface area contributed by atoms with Crippen LogP contribution in [0.25, 0.3) is 0 Å². The van der Waals surface area contributed by atoms with Crippen LogP contribution in [0.5, 0.6) is 5.75 Å². The monoisotopic (exact) mass is 407 g/mol. The van der Waals surface area contributed by atoms with Crippen LogP contribution >= 0.6 is 34.3 Å². The molecule has 0 aliphatic heterocycles. The standard InChI is InChI=1S/C16H11Cl2N5O2S/c1-23(12-7-3-5-10(17)13(12)18)16-15(21-26(25)22-16)20-11-6-2-4-9(8-19)14(11)24/h2-7,24H,1H3,(H,20,21). The molecule has 0 saturated heterocycles. The summed E-state index contributed by atoms with van der Waals surface area (Å²) in [5.41, 5.74) is 0.876. The third-order valence-electron chi connectivity index (χ3n) is 3.57. The van der Waals surface area contributed by atoms with E-state index in [4.69, 9.17) is 28.5 Å². The van der Waals surface area contributed by atoms with Gasteiger partial charge in [0.2, 0.25) is 11.6 Å². The zero-order valence-electron chi connectivity index (χ0n) is 13.3. The summed E-state index contributed by atoms with van der Waals surface area (Å²) >= 11 is 10.5. The Labute approximate surface area is 162 Å². The second-order valence-electron chi connectivity index (χ2n) is 5.16. The summed E-state index contributed by atoms with van der Waals surface area (Å²) in [6, 6.07) is 11.6. The summed E-state index contributed by atoms with van der Waals surface area (Å²) in [5, 5.41) is 22.7. The second-order valence-corrected chi connectivity index (χ2v) is 6.77. The van der Waals surface area contributed by atoms with Gasteiger partial charge in [-0.3, -0.25) is 0 Å². The summed E-state index contributed by atoms with van der Waals surface area (Å²) in [6.45, 7) is 0. The van der Waals surface area contributed by atoms with Gasteiger partial charge in [-0.1, -0.05) is 35.3 Å². The molecule has 7 nitrogen and oxygen atoms in total. The maximum absolute atomic E-state index is 11.8. The van der Waals surface area contributed by atoms with Crippen LogP contribution in [0.4, 0.5) is 23.0 Å². The Balaban J connectivity index is 2.02. The van der Waals surface area contributed by atoms with Gasteiger partial charge in [0, 0.05) is 15.8 Å². The van der Waals surface area contributed by atoms with Crippen molar-refractivity contribution < 1.29 is 9.66 Å². The molecule has 0 saturated carbocycles. The minimum Gasteiger partial charge on any atom is -0.546 e. The van der Waals surface area contributed by atoms with Crippen LogP contribution in [-0.2, 0) is 0 Å². The molecule has 0 amide bonds. The zero-order valence-corrected chi connectivity index (χ0v) is 15.6. The van der Waals surface area contributed by atoms with Crippen LogP contribution in [-0.4, -0.2) is 25.5 Å². The first kappa shape index (κ1) is 18.2. The number of aromatic hydroxyl groups is 1. The molecule has 3 rings (SSSR count). The van der Waals surface area contributed by atoms with Gasteiger partial charge in [-0.05, 0) is 24.3 Å². The van der Waals surface area contributed by atoms with Crippen molar-refractivity contribution in [3.8, 4) is 11.8 Å². The van der Waals surface area contributed by atoms with Crippen LogP contribution in [0.2, 0.25) is 10.0 Å². The maximum Gasteiger partial charge on any atom is 0.239 e. The van der Waals surface area contributed by atoms with E-state index < -0.39 is 11.1 Å². The van der Waals surface area contributed by atoms with Crippen molar-refractivity contribution >= 4 is 57.4 Å². The Bertz CT molecular complexity index is 1020. The van der Waals surface area contributed by atoms with Crippen LogP contribution in [0.1, 0.15) is 5.56 Å². The Morgan fingerprint density at radius 2 is 1.96 bits per heavy atom. The quantitative estimate of drug-likeness (QED) is 0.480. The van der Waals surface area contributed by atoms with Crippen molar-refractivity contribution in [3.63, 3.8) is 0 Å². The predicted octanol–water partition coefficient (Wildman–Crippen LogP) is 4.60. The molecule has 26 heavy (non-hydrogen) atoms. The number of phenolic OH excluding ortho intramolecular Hbond substituents is 1. The van der Waals surface area contributed by atoms with Crippen LogP contribution < -0.4 is 10.2 Å². The summed E-state index contributed by atoms with van der Waals surface area (Å²) < 4.78 is 19.8. The molecular weight excluding hydrogens is 397 g/mol. The van der Waals surface area contributed by atoms with Crippen molar-refractivity contribution in [3.05, 3.63) is 52.0 Å². The fourth-order valence-corrected chi connectivity index (χ4v) is 3.39. The number of nitrogens with one attached hydrogen (secondary N) is 1.